The molecule has 18 heavy (non-hydrogen) atoms. The Morgan fingerprint density at radius 2 is 1.67 bits per heavy atom. The summed E-state index contributed by atoms with van der Waals surface area (Å²) < 4.78 is 5.20. The fourth-order valence-corrected chi connectivity index (χ4v) is 2.20. The third kappa shape index (κ3) is 14.0. The first-order chi connectivity index (χ1) is 8.66. The Labute approximate surface area is 121 Å². The van der Waals surface area contributed by atoms with E-state index in [0.717, 1.165) is 36.9 Å². The van der Waals surface area contributed by atoms with Gasteiger partial charge in [-0.25, -0.2) is 0 Å². The topological polar surface area (TPSA) is 26.3 Å². The maximum atomic E-state index is 11.4. The van der Waals surface area contributed by atoms with Crippen LogP contribution >= 0.6 is 15.9 Å². The monoisotopic (exact) mass is 320 g/mol. The van der Waals surface area contributed by atoms with Crippen molar-refractivity contribution < 1.29 is 9.53 Å². The highest BCUT2D eigenvalue weighted by atomic mass is 79.9. The van der Waals surface area contributed by atoms with Crippen molar-refractivity contribution in [1.29, 1.82) is 0 Å². The fraction of sp³-hybridized carbons (Fsp3) is 0.933. The quantitative estimate of drug-likeness (QED) is 0.284. The van der Waals surface area contributed by atoms with Crippen molar-refractivity contribution in [1.82, 2.24) is 0 Å². The molecule has 0 aromatic carbocycles. The lowest BCUT2D eigenvalue weighted by Crippen LogP contribution is -2.05. The molecule has 0 aliphatic carbocycles. The van der Waals surface area contributed by atoms with Gasteiger partial charge in [0.05, 0.1) is 6.61 Å². The Bertz CT molecular complexity index is 193. The molecule has 3 heteroatoms. The predicted octanol–water partition coefficient (Wildman–Crippen LogP) is 5.09. The zero-order valence-corrected chi connectivity index (χ0v) is 13.6. The van der Waals surface area contributed by atoms with E-state index in [1.54, 1.807) is 0 Å². The van der Waals surface area contributed by atoms with Crippen LogP contribution in [0.25, 0.3) is 0 Å². The average Bonchev–Trinajstić information content (AvgIpc) is 2.33. The summed E-state index contributed by atoms with van der Waals surface area (Å²) in [5.74, 6) is 0.786. The Hall–Kier alpha value is -0.0500. The molecule has 0 saturated heterocycles. The van der Waals surface area contributed by atoms with Gasteiger partial charge >= 0.3 is 5.97 Å². The van der Waals surface area contributed by atoms with Crippen molar-refractivity contribution in [2.24, 2.45) is 5.92 Å². The van der Waals surface area contributed by atoms with Crippen LogP contribution in [0.1, 0.15) is 71.6 Å². The molecule has 0 saturated carbocycles. The highest BCUT2D eigenvalue weighted by Gasteiger charge is 2.02. The van der Waals surface area contributed by atoms with Crippen LogP contribution in [-0.4, -0.2) is 17.9 Å². The summed E-state index contributed by atoms with van der Waals surface area (Å²) in [6.07, 6.45) is 9.87. The lowest BCUT2D eigenvalue weighted by Gasteiger charge is -2.06. The molecule has 0 radical (unpaired) electrons. The van der Waals surface area contributed by atoms with E-state index in [0.29, 0.717) is 13.0 Å². The first kappa shape index (κ1) is 17.9. The minimum atomic E-state index is -0.0215. The average molecular weight is 321 g/mol. The summed E-state index contributed by atoms with van der Waals surface area (Å²) in [5.41, 5.74) is 0. The van der Waals surface area contributed by atoms with Gasteiger partial charge in [0.15, 0.2) is 0 Å². The van der Waals surface area contributed by atoms with Gasteiger partial charge in [0.2, 0.25) is 0 Å². The minimum absolute atomic E-state index is 0.0215. The molecular formula is C15H29BrO2. The molecule has 0 heterocycles. The molecule has 0 aromatic heterocycles. The molecule has 0 aliphatic rings. The lowest BCUT2D eigenvalue weighted by atomic mass is 10.0. The van der Waals surface area contributed by atoms with E-state index in [9.17, 15) is 4.79 Å². The van der Waals surface area contributed by atoms with Gasteiger partial charge in [-0.1, -0.05) is 61.9 Å². The zero-order valence-electron chi connectivity index (χ0n) is 12.0. The molecule has 0 atom stereocenters. The second-order valence-electron chi connectivity index (χ2n) is 5.32. The standard InChI is InChI=1S/C15H29BrO2/c1-14(2)10-6-3-4-9-13-18-15(17)11-7-5-8-12-16/h14H,3-13H2,1-2H3. The van der Waals surface area contributed by atoms with Crippen LogP contribution in [0.15, 0.2) is 0 Å². The van der Waals surface area contributed by atoms with E-state index in [1.165, 1.54) is 25.7 Å². The van der Waals surface area contributed by atoms with Crippen LogP contribution < -0.4 is 0 Å². The van der Waals surface area contributed by atoms with Gasteiger partial charge in [0.25, 0.3) is 0 Å². The number of hydrogen-bond acceptors (Lipinski definition) is 2. The molecular weight excluding hydrogens is 292 g/mol. The van der Waals surface area contributed by atoms with Crippen LogP contribution in [-0.2, 0) is 9.53 Å². The smallest absolute Gasteiger partial charge is 0.305 e. The Kier molecular flexibility index (Phi) is 13.3. The molecule has 0 N–H and O–H groups in total. The molecule has 0 aliphatic heterocycles. The summed E-state index contributed by atoms with van der Waals surface area (Å²) in [6, 6.07) is 0. The number of ether oxygens (including phenoxy) is 1. The van der Waals surface area contributed by atoms with Gasteiger partial charge in [-0.15, -0.1) is 0 Å². The van der Waals surface area contributed by atoms with Crippen LogP contribution in [0, 0.1) is 5.92 Å². The van der Waals surface area contributed by atoms with Crippen LogP contribution in [0.3, 0.4) is 0 Å². The summed E-state index contributed by atoms with van der Waals surface area (Å²) in [7, 11) is 0. The first-order valence-electron chi connectivity index (χ1n) is 7.38. The van der Waals surface area contributed by atoms with E-state index < -0.39 is 0 Å². The highest BCUT2D eigenvalue weighted by Crippen LogP contribution is 2.09. The van der Waals surface area contributed by atoms with Crippen molar-refractivity contribution in [3.05, 3.63) is 0 Å². The summed E-state index contributed by atoms with van der Waals surface area (Å²) >= 11 is 3.38. The fourth-order valence-electron chi connectivity index (χ4n) is 1.81. The van der Waals surface area contributed by atoms with Gasteiger partial charge in [-0.05, 0) is 25.2 Å². The van der Waals surface area contributed by atoms with Crippen molar-refractivity contribution in [2.45, 2.75) is 71.6 Å². The second kappa shape index (κ2) is 13.4. The summed E-state index contributed by atoms with van der Waals surface area (Å²) in [5, 5.41) is 1.03. The number of esters is 1. The maximum Gasteiger partial charge on any atom is 0.305 e. The number of carbonyl (C=O) groups is 1. The molecule has 0 fully saturated rings. The normalized spacial score (nSPS) is 10.9. The zero-order chi connectivity index (χ0) is 13.6. The van der Waals surface area contributed by atoms with E-state index in [-0.39, 0.29) is 5.97 Å². The van der Waals surface area contributed by atoms with Gasteiger partial charge in [0.1, 0.15) is 0 Å². The molecule has 108 valence electrons. The number of carbonyl (C=O) groups excluding carboxylic acids is 1. The number of hydrogen-bond donors (Lipinski definition) is 0. The molecule has 0 rings (SSSR count). The minimum Gasteiger partial charge on any atom is -0.466 e. The Balaban J connectivity index is 3.15. The second-order valence-corrected chi connectivity index (χ2v) is 6.11. The Morgan fingerprint density at radius 3 is 2.33 bits per heavy atom. The van der Waals surface area contributed by atoms with Gasteiger partial charge in [-0.2, -0.15) is 0 Å². The third-order valence-electron chi connectivity index (χ3n) is 2.95. The largest absolute Gasteiger partial charge is 0.466 e. The molecule has 0 amide bonds. The van der Waals surface area contributed by atoms with Gasteiger partial charge in [-0.3, -0.25) is 4.79 Å². The van der Waals surface area contributed by atoms with E-state index >= 15 is 0 Å². The predicted molar refractivity (Wildman–Crippen MR) is 81.1 cm³/mol. The number of alkyl halides is 1. The number of unbranched alkanes of at least 4 members (excludes halogenated alkanes) is 5. The third-order valence-corrected chi connectivity index (χ3v) is 3.51. The molecule has 0 unspecified atom stereocenters. The van der Waals surface area contributed by atoms with E-state index in [2.05, 4.69) is 29.8 Å². The SMILES string of the molecule is CC(C)CCCCCCOC(=O)CCCCCBr. The van der Waals surface area contributed by atoms with E-state index in [4.69, 9.17) is 4.74 Å². The lowest BCUT2D eigenvalue weighted by molar-refractivity contribution is -0.143. The summed E-state index contributed by atoms with van der Waals surface area (Å²) in [4.78, 5) is 11.4. The molecule has 0 bridgehead atoms. The van der Waals surface area contributed by atoms with Crippen molar-refractivity contribution in [3.63, 3.8) is 0 Å². The number of halogens is 1. The number of rotatable bonds is 12. The van der Waals surface area contributed by atoms with Crippen molar-refractivity contribution >= 4 is 21.9 Å². The van der Waals surface area contributed by atoms with Gasteiger partial charge < -0.3 is 4.74 Å². The van der Waals surface area contributed by atoms with E-state index in [1.807, 2.05) is 0 Å². The summed E-state index contributed by atoms with van der Waals surface area (Å²) in [6.45, 7) is 5.13. The van der Waals surface area contributed by atoms with Gasteiger partial charge in [0, 0.05) is 11.8 Å². The van der Waals surface area contributed by atoms with Crippen molar-refractivity contribution in [2.75, 3.05) is 11.9 Å². The highest BCUT2D eigenvalue weighted by molar-refractivity contribution is 9.09. The van der Waals surface area contributed by atoms with Crippen LogP contribution in [0.4, 0.5) is 0 Å². The van der Waals surface area contributed by atoms with Crippen LogP contribution in [0.2, 0.25) is 0 Å². The Morgan fingerprint density at radius 1 is 1.00 bits per heavy atom. The first-order valence-corrected chi connectivity index (χ1v) is 8.50. The molecule has 2 nitrogen and oxygen atoms in total. The maximum absolute atomic E-state index is 11.4. The molecule has 0 aromatic rings. The molecule has 0 spiro atoms. The van der Waals surface area contributed by atoms with Crippen LogP contribution in [0.5, 0.6) is 0 Å². The van der Waals surface area contributed by atoms with Crippen molar-refractivity contribution in [3.8, 4) is 0 Å².